The molecule has 1 atom stereocenters. The summed E-state index contributed by atoms with van der Waals surface area (Å²) < 4.78 is 2.86. The Balaban J connectivity index is 2.76. The highest BCUT2D eigenvalue weighted by molar-refractivity contribution is 9.10. The molecule has 0 saturated heterocycles. The van der Waals surface area contributed by atoms with E-state index in [-0.39, 0.29) is 18.6 Å². The lowest BCUT2D eigenvalue weighted by Gasteiger charge is -2.16. The number of halogens is 1. The Kier molecular flexibility index (Phi) is 6.43. The molecule has 5 heteroatoms. The molecule has 102 valence electrons. The normalized spacial score (nSPS) is 12.4. The van der Waals surface area contributed by atoms with Crippen molar-refractivity contribution < 1.29 is 9.90 Å². The zero-order valence-electron chi connectivity index (χ0n) is 10.9. The molecule has 0 aromatic carbocycles. The Labute approximate surface area is 117 Å². The zero-order chi connectivity index (χ0) is 13.5. The Morgan fingerprint density at radius 1 is 1.56 bits per heavy atom. The molecule has 0 saturated carbocycles. The van der Waals surface area contributed by atoms with E-state index in [1.54, 1.807) is 0 Å². The molecule has 0 aliphatic heterocycles. The van der Waals surface area contributed by atoms with Crippen molar-refractivity contribution in [3.8, 4) is 0 Å². The first kappa shape index (κ1) is 15.2. The largest absolute Gasteiger partial charge is 0.396 e. The first-order valence-corrected chi connectivity index (χ1v) is 7.19. The second-order valence-corrected chi connectivity index (χ2v) is 5.24. The minimum Gasteiger partial charge on any atom is -0.396 e. The molecule has 0 aliphatic rings. The summed E-state index contributed by atoms with van der Waals surface area (Å²) >= 11 is 3.39. The molecule has 1 unspecified atom stereocenters. The predicted molar refractivity (Wildman–Crippen MR) is 75.7 cm³/mol. The van der Waals surface area contributed by atoms with E-state index < -0.39 is 0 Å². The van der Waals surface area contributed by atoms with E-state index in [1.807, 2.05) is 23.8 Å². The average molecular weight is 317 g/mol. The summed E-state index contributed by atoms with van der Waals surface area (Å²) in [6.07, 6.45) is 4.32. The number of hydrogen-bond acceptors (Lipinski definition) is 2. The number of aliphatic hydroxyl groups is 1. The second-order valence-electron chi connectivity index (χ2n) is 4.33. The van der Waals surface area contributed by atoms with Crippen LogP contribution in [0.15, 0.2) is 16.7 Å². The summed E-state index contributed by atoms with van der Waals surface area (Å²) in [5, 5.41) is 11.9. The predicted octanol–water partition coefficient (Wildman–Crippen LogP) is 2.55. The molecule has 0 spiro atoms. The number of nitrogens with one attached hydrogen (secondary N) is 1. The van der Waals surface area contributed by atoms with E-state index in [0.29, 0.717) is 12.1 Å². The molecule has 1 heterocycles. The van der Waals surface area contributed by atoms with E-state index >= 15 is 0 Å². The van der Waals surface area contributed by atoms with E-state index in [0.717, 1.165) is 23.9 Å². The monoisotopic (exact) mass is 316 g/mol. The van der Waals surface area contributed by atoms with Crippen LogP contribution >= 0.6 is 15.9 Å². The lowest BCUT2D eigenvalue weighted by Crippen LogP contribution is -2.36. The number of aromatic nitrogens is 1. The van der Waals surface area contributed by atoms with Gasteiger partial charge < -0.3 is 15.0 Å². The van der Waals surface area contributed by atoms with Gasteiger partial charge in [0.05, 0.1) is 0 Å². The maximum Gasteiger partial charge on any atom is 0.268 e. The molecule has 18 heavy (non-hydrogen) atoms. The van der Waals surface area contributed by atoms with E-state index in [2.05, 4.69) is 28.2 Å². The van der Waals surface area contributed by atoms with Gasteiger partial charge in [-0.3, -0.25) is 4.79 Å². The molecule has 1 aromatic heterocycles. The van der Waals surface area contributed by atoms with Crippen molar-refractivity contribution in [2.45, 2.75) is 45.7 Å². The van der Waals surface area contributed by atoms with Gasteiger partial charge in [0.15, 0.2) is 0 Å². The van der Waals surface area contributed by atoms with Gasteiger partial charge in [0.2, 0.25) is 0 Å². The number of rotatable bonds is 7. The number of aryl methyl sites for hydroxylation is 1. The van der Waals surface area contributed by atoms with Crippen LogP contribution in [-0.4, -0.2) is 28.2 Å². The maximum absolute atomic E-state index is 12.2. The van der Waals surface area contributed by atoms with Crippen LogP contribution in [0.4, 0.5) is 0 Å². The van der Waals surface area contributed by atoms with Gasteiger partial charge in [0.1, 0.15) is 5.69 Å². The average Bonchev–Trinajstić information content (AvgIpc) is 2.70. The highest BCUT2D eigenvalue weighted by atomic mass is 79.9. The third kappa shape index (κ3) is 4.14. The van der Waals surface area contributed by atoms with Gasteiger partial charge in [-0.2, -0.15) is 0 Å². The molecule has 0 fully saturated rings. The van der Waals surface area contributed by atoms with Crippen molar-refractivity contribution in [3.05, 3.63) is 22.4 Å². The minimum atomic E-state index is -0.0746. The summed E-state index contributed by atoms with van der Waals surface area (Å²) in [6, 6.07) is 1.86. The Morgan fingerprint density at radius 3 is 2.83 bits per heavy atom. The standard InChI is InChI=1S/C13H21BrN2O2/c1-3-6-16-9-10(14)8-12(16)13(18)15-11(4-2)5-7-17/h8-9,11,17H,3-7H2,1-2H3,(H,15,18). The van der Waals surface area contributed by atoms with Crippen LogP contribution in [-0.2, 0) is 6.54 Å². The Bertz CT molecular complexity index is 390. The number of amides is 1. The van der Waals surface area contributed by atoms with Gasteiger partial charge in [-0.05, 0) is 41.3 Å². The maximum atomic E-state index is 12.2. The molecular weight excluding hydrogens is 296 g/mol. The van der Waals surface area contributed by atoms with Crippen molar-refractivity contribution in [1.82, 2.24) is 9.88 Å². The quantitative estimate of drug-likeness (QED) is 0.812. The van der Waals surface area contributed by atoms with Crippen LogP contribution in [0.3, 0.4) is 0 Å². The smallest absolute Gasteiger partial charge is 0.268 e. The lowest BCUT2D eigenvalue weighted by molar-refractivity contribution is 0.0919. The summed E-state index contributed by atoms with van der Waals surface area (Å²) in [6.45, 7) is 5.00. The van der Waals surface area contributed by atoms with Crippen LogP contribution in [0.2, 0.25) is 0 Å². The fourth-order valence-corrected chi connectivity index (χ4v) is 2.35. The van der Waals surface area contributed by atoms with Gasteiger partial charge in [-0.1, -0.05) is 13.8 Å². The first-order chi connectivity index (χ1) is 8.62. The van der Waals surface area contributed by atoms with Crippen molar-refractivity contribution in [3.63, 3.8) is 0 Å². The molecule has 0 bridgehead atoms. The van der Waals surface area contributed by atoms with E-state index in [4.69, 9.17) is 5.11 Å². The second kappa shape index (κ2) is 7.59. The van der Waals surface area contributed by atoms with Crippen LogP contribution in [0, 0.1) is 0 Å². The van der Waals surface area contributed by atoms with Crippen molar-refractivity contribution >= 4 is 21.8 Å². The fourth-order valence-electron chi connectivity index (χ4n) is 1.88. The highest BCUT2D eigenvalue weighted by Crippen LogP contribution is 2.16. The summed E-state index contributed by atoms with van der Waals surface area (Å²) in [5.74, 6) is -0.0746. The Hall–Kier alpha value is -0.810. The fraction of sp³-hybridized carbons (Fsp3) is 0.615. The summed E-state index contributed by atoms with van der Waals surface area (Å²) in [4.78, 5) is 12.2. The number of carbonyl (C=O) groups excluding carboxylic acids is 1. The highest BCUT2D eigenvalue weighted by Gasteiger charge is 2.16. The van der Waals surface area contributed by atoms with Crippen molar-refractivity contribution in [1.29, 1.82) is 0 Å². The van der Waals surface area contributed by atoms with Crippen molar-refractivity contribution in [2.75, 3.05) is 6.61 Å². The van der Waals surface area contributed by atoms with Crippen LogP contribution < -0.4 is 5.32 Å². The van der Waals surface area contributed by atoms with Gasteiger partial charge in [-0.15, -0.1) is 0 Å². The SMILES string of the molecule is CCCn1cc(Br)cc1C(=O)NC(CC)CCO. The summed E-state index contributed by atoms with van der Waals surface area (Å²) in [7, 11) is 0. The lowest BCUT2D eigenvalue weighted by atomic mass is 10.1. The van der Waals surface area contributed by atoms with Gasteiger partial charge >= 0.3 is 0 Å². The molecule has 1 amide bonds. The van der Waals surface area contributed by atoms with E-state index in [1.165, 1.54) is 0 Å². The van der Waals surface area contributed by atoms with Crippen LogP contribution in [0.25, 0.3) is 0 Å². The van der Waals surface area contributed by atoms with E-state index in [9.17, 15) is 4.79 Å². The first-order valence-electron chi connectivity index (χ1n) is 6.39. The number of nitrogens with zero attached hydrogens (tertiary/aromatic N) is 1. The molecule has 2 N–H and O–H groups in total. The molecule has 0 radical (unpaired) electrons. The molecule has 4 nitrogen and oxygen atoms in total. The third-order valence-corrected chi connectivity index (χ3v) is 3.30. The molecular formula is C13H21BrN2O2. The number of carbonyl (C=O) groups is 1. The van der Waals surface area contributed by atoms with Gasteiger partial charge in [-0.25, -0.2) is 0 Å². The zero-order valence-corrected chi connectivity index (χ0v) is 12.5. The van der Waals surface area contributed by atoms with Crippen molar-refractivity contribution in [2.24, 2.45) is 0 Å². The number of hydrogen-bond donors (Lipinski definition) is 2. The molecule has 0 aliphatic carbocycles. The van der Waals surface area contributed by atoms with Gasteiger partial charge in [0, 0.05) is 29.9 Å². The minimum absolute atomic E-state index is 0.0336. The summed E-state index contributed by atoms with van der Waals surface area (Å²) in [5.41, 5.74) is 0.667. The molecule has 1 rings (SSSR count). The van der Waals surface area contributed by atoms with Crippen LogP contribution in [0.5, 0.6) is 0 Å². The number of aliphatic hydroxyl groups excluding tert-OH is 1. The Morgan fingerprint density at radius 2 is 2.28 bits per heavy atom. The van der Waals surface area contributed by atoms with Gasteiger partial charge in [0.25, 0.3) is 5.91 Å². The third-order valence-electron chi connectivity index (χ3n) is 2.87. The molecule has 1 aromatic rings. The van der Waals surface area contributed by atoms with Crippen LogP contribution in [0.1, 0.15) is 43.6 Å². The topological polar surface area (TPSA) is 54.3 Å².